The minimum atomic E-state index is -0.209. The summed E-state index contributed by atoms with van der Waals surface area (Å²) in [6, 6.07) is 0. The Morgan fingerprint density at radius 1 is 0.929 bits per heavy atom. The van der Waals surface area contributed by atoms with Gasteiger partial charge in [0.05, 0.1) is 0 Å². The first-order valence-corrected chi connectivity index (χ1v) is 5.81. The first-order valence-electron chi connectivity index (χ1n) is 5.81. The van der Waals surface area contributed by atoms with E-state index in [9.17, 15) is 4.79 Å². The van der Waals surface area contributed by atoms with Gasteiger partial charge in [-0.1, -0.05) is 40.0 Å². The summed E-state index contributed by atoms with van der Waals surface area (Å²) in [5.74, 6) is 0.319. The summed E-state index contributed by atoms with van der Waals surface area (Å²) < 4.78 is 0. The van der Waals surface area contributed by atoms with Crippen LogP contribution in [0.2, 0.25) is 0 Å². The predicted octanol–water partition coefficient (Wildman–Crippen LogP) is 2.83. The van der Waals surface area contributed by atoms with Crippen molar-refractivity contribution in [2.24, 2.45) is 5.41 Å². The van der Waals surface area contributed by atoms with Crippen LogP contribution in [0.5, 0.6) is 0 Å². The number of nitrogens with zero attached hydrogens (tertiary/aromatic N) is 1. The Bertz CT molecular complexity index is 185. The lowest BCUT2D eigenvalue weighted by Gasteiger charge is -2.30. The van der Waals surface area contributed by atoms with E-state index in [1.165, 1.54) is 32.1 Å². The molecule has 1 heterocycles. The Morgan fingerprint density at radius 3 is 1.79 bits per heavy atom. The molecule has 1 fully saturated rings. The summed E-state index contributed by atoms with van der Waals surface area (Å²) in [6.45, 7) is 7.96. The van der Waals surface area contributed by atoms with Crippen molar-refractivity contribution in [3.05, 3.63) is 0 Å². The first-order chi connectivity index (χ1) is 6.52. The third-order valence-corrected chi connectivity index (χ3v) is 2.78. The largest absolute Gasteiger partial charge is 0.342 e. The lowest BCUT2D eigenvalue weighted by molar-refractivity contribution is -0.139. The monoisotopic (exact) mass is 197 g/mol. The second-order valence-electron chi connectivity index (χ2n) is 5.31. The van der Waals surface area contributed by atoms with Crippen molar-refractivity contribution >= 4 is 5.91 Å². The van der Waals surface area contributed by atoms with E-state index in [0.717, 1.165) is 13.1 Å². The molecule has 0 N–H and O–H groups in total. The van der Waals surface area contributed by atoms with Crippen LogP contribution in [0.1, 0.15) is 52.9 Å². The number of hydrogen-bond acceptors (Lipinski definition) is 1. The average molecular weight is 197 g/mol. The molecule has 2 heteroatoms. The summed E-state index contributed by atoms with van der Waals surface area (Å²) in [4.78, 5) is 14.1. The van der Waals surface area contributed by atoms with Crippen LogP contribution in [0, 0.1) is 5.41 Å². The highest BCUT2D eigenvalue weighted by atomic mass is 16.2. The highest BCUT2D eigenvalue weighted by Crippen LogP contribution is 2.20. The van der Waals surface area contributed by atoms with Crippen LogP contribution in [0.15, 0.2) is 0 Å². The molecule has 0 atom stereocenters. The molecule has 1 saturated heterocycles. The molecule has 0 unspecified atom stereocenters. The second kappa shape index (κ2) is 4.81. The number of carbonyl (C=O) groups excluding carboxylic acids is 1. The van der Waals surface area contributed by atoms with Crippen LogP contribution in [0.3, 0.4) is 0 Å². The maximum Gasteiger partial charge on any atom is 0.227 e. The van der Waals surface area contributed by atoms with Crippen LogP contribution in [-0.2, 0) is 4.79 Å². The number of rotatable bonds is 0. The summed E-state index contributed by atoms with van der Waals surface area (Å²) in [5.41, 5.74) is -0.209. The van der Waals surface area contributed by atoms with Gasteiger partial charge < -0.3 is 4.90 Å². The Hall–Kier alpha value is -0.530. The molecule has 2 nitrogen and oxygen atoms in total. The molecule has 1 aliphatic heterocycles. The fourth-order valence-electron chi connectivity index (χ4n) is 1.92. The van der Waals surface area contributed by atoms with Gasteiger partial charge >= 0.3 is 0 Å². The van der Waals surface area contributed by atoms with E-state index in [1.54, 1.807) is 0 Å². The highest BCUT2D eigenvalue weighted by Gasteiger charge is 2.26. The molecule has 0 bridgehead atoms. The number of hydrogen-bond donors (Lipinski definition) is 0. The number of amides is 1. The van der Waals surface area contributed by atoms with Crippen molar-refractivity contribution in [3.63, 3.8) is 0 Å². The quantitative estimate of drug-likeness (QED) is 0.585. The molecule has 0 aromatic heterocycles. The van der Waals surface area contributed by atoms with Crippen molar-refractivity contribution < 1.29 is 4.79 Å². The molecule has 0 spiro atoms. The van der Waals surface area contributed by atoms with Gasteiger partial charge in [0.25, 0.3) is 0 Å². The highest BCUT2D eigenvalue weighted by molar-refractivity contribution is 5.81. The Balaban J connectivity index is 2.51. The number of likely N-dealkylation sites (tertiary alicyclic amines) is 1. The molecule has 14 heavy (non-hydrogen) atoms. The van der Waals surface area contributed by atoms with Gasteiger partial charge in [0.2, 0.25) is 5.91 Å². The van der Waals surface area contributed by atoms with Gasteiger partial charge in [0.15, 0.2) is 0 Å². The molecule has 1 rings (SSSR count). The zero-order valence-electron chi connectivity index (χ0n) is 9.81. The van der Waals surface area contributed by atoms with E-state index >= 15 is 0 Å². The molecule has 1 aliphatic rings. The van der Waals surface area contributed by atoms with Crippen molar-refractivity contribution in [2.75, 3.05) is 13.1 Å². The molecule has 0 aromatic carbocycles. The van der Waals surface area contributed by atoms with Crippen molar-refractivity contribution in [1.82, 2.24) is 4.90 Å². The normalized spacial score (nSPS) is 20.1. The van der Waals surface area contributed by atoms with E-state index < -0.39 is 0 Å². The zero-order chi connectivity index (χ0) is 10.6. The second-order valence-corrected chi connectivity index (χ2v) is 5.31. The Labute approximate surface area is 87.7 Å². The topological polar surface area (TPSA) is 20.3 Å². The molecular weight excluding hydrogens is 174 g/mol. The van der Waals surface area contributed by atoms with Gasteiger partial charge in [-0.3, -0.25) is 4.79 Å². The molecule has 0 aliphatic carbocycles. The summed E-state index contributed by atoms with van der Waals surface area (Å²) in [5, 5.41) is 0. The van der Waals surface area contributed by atoms with E-state index in [2.05, 4.69) is 4.90 Å². The maximum absolute atomic E-state index is 12.0. The van der Waals surface area contributed by atoms with E-state index in [1.807, 2.05) is 20.8 Å². The predicted molar refractivity (Wildman–Crippen MR) is 59.1 cm³/mol. The SMILES string of the molecule is CC(C)(C)C(=O)N1CCCCCCC1. The van der Waals surface area contributed by atoms with Crippen molar-refractivity contribution in [1.29, 1.82) is 0 Å². The van der Waals surface area contributed by atoms with Crippen molar-refractivity contribution in [3.8, 4) is 0 Å². The van der Waals surface area contributed by atoms with Gasteiger partial charge in [-0.05, 0) is 12.8 Å². The molecule has 1 amide bonds. The lowest BCUT2D eigenvalue weighted by atomic mass is 9.94. The third kappa shape index (κ3) is 3.32. The molecule has 0 aromatic rings. The minimum absolute atomic E-state index is 0.209. The first kappa shape index (κ1) is 11.5. The van der Waals surface area contributed by atoms with Crippen LogP contribution in [0.4, 0.5) is 0 Å². The molecule has 0 saturated carbocycles. The smallest absolute Gasteiger partial charge is 0.227 e. The minimum Gasteiger partial charge on any atom is -0.342 e. The fourth-order valence-corrected chi connectivity index (χ4v) is 1.92. The van der Waals surface area contributed by atoms with Gasteiger partial charge in [-0.25, -0.2) is 0 Å². The number of carbonyl (C=O) groups is 1. The summed E-state index contributed by atoms with van der Waals surface area (Å²) in [6.07, 6.45) is 6.28. The van der Waals surface area contributed by atoms with E-state index in [4.69, 9.17) is 0 Å². The zero-order valence-corrected chi connectivity index (χ0v) is 9.81. The van der Waals surface area contributed by atoms with Gasteiger partial charge in [0.1, 0.15) is 0 Å². The lowest BCUT2D eigenvalue weighted by Crippen LogP contribution is -2.41. The van der Waals surface area contributed by atoms with Gasteiger partial charge in [-0.15, -0.1) is 0 Å². The third-order valence-electron chi connectivity index (χ3n) is 2.78. The van der Waals surface area contributed by atoms with Gasteiger partial charge in [0, 0.05) is 18.5 Å². The van der Waals surface area contributed by atoms with Crippen LogP contribution in [0.25, 0.3) is 0 Å². The van der Waals surface area contributed by atoms with E-state index in [-0.39, 0.29) is 5.41 Å². The van der Waals surface area contributed by atoms with Gasteiger partial charge in [-0.2, -0.15) is 0 Å². The molecule has 82 valence electrons. The van der Waals surface area contributed by atoms with E-state index in [0.29, 0.717) is 5.91 Å². The van der Waals surface area contributed by atoms with Crippen LogP contribution >= 0.6 is 0 Å². The summed E-state index contributed by atoms with van der Waals surface area (Å²) >= 11 is 0. The van der Waals surface area contributed by atoms with Crippen LogP contribution < -0.4 is 0 Å². The average Bonchev–Trinajstić information content (AvgIpc) is 2.00. The van der Waals surface area contributed by atoms with Crippen molar-refractivity contribution in [2.45, 2.75) is 52.9 Å². The Kier molecular flexibility index (Phi) is 3.97. The fraction of sp³-hybridized carbons (Fsp3) is 0.917. The summed E-state index contributed by atoms with van der Waals surface area (Å²) in [7, 11) is 0. The maximum atomic E-state index is 12.0. The van der Waals surface area contributed by atoms with Crippen LogP contribution in [-0.4, -0.2) is 23.9 Å². The standard InChI is InChI=1S/C12H23NO/c1-12(2,3)11(14)13-9-7-5-4-6-8-10-13/h4-10H2,1-3H3. The molecule has 0 radical (unpaired) electrons. The molecular formula is C12H23NO. The Morgan fingerprint density at radius 2 is 1.36 bits per heavy atom.